The van der Waals surface area contributed by atoms with E-state index in [0.29, 0.717) is 6.29 Å². The minimum absolute atomic E-state index is 0.0568. The zero-order valence-electron chi connectivity index (χ0n) is 11.9. The van der Waals surface area contributed by atoms with Gasteiger partial charge in [-0.05, 0) is 31.2 Å². The van der Waals surface area contributed by atoms with Gasteiger partial charge in [-0.25, -0.2) is 0 Å². The maximum absolute atomic E-state index is 12.2. The Bertz CT molecular complexity index is 794. The molecular weight excluding hydrogens is 308 g/mol. The van der Waals surface area contributed by atoms with Gasteiger partial charge in [0.05, 0.1) is 7.11 Å². The highest BCUT2D eigenvalue weighted by atomic mass is 32.2. The highest BCUT2D eigenvalue weighted by Gasteiger charge is 2.21. The number of hydrogen-bond acceptors (Lipinski definition) is 6. The molecule has 0 amide bonds. The molecular formula is C15H14O6S. The summed E-state index contributed by atoms with van der Waals surface area (Å²) in [5.41, 5.74) is 1.01. The third-order valence-corrected chi connectivity index (χ3v) is 4.18. The van der Waals surface area contributed by atoms with Gasteiger partial charge in [0, 0.05) is 5.56 Å². The molecule has 0 radical (unpaired) electrons. The first-order valence-corrected chi connectivity index (χ1v) is 7.65. The molecule has 0 fully saturated rings. The third-order valence-electron chi connectivity index (χ3n) is 2.93. The lowest BCUT2D eigenvalue weighted by Crippen LogP contribution is -2.10. The van der Waals surface area contributed by atoms with Crippen molar-refractivity contribution >= 4 is 16.4 Å². The van der Waals surface area contributed by atoms with Crippen LogP contribution in [0.4, 0.5) is 0 Å². The fraction of sp³-hybridized carbons (Fsp3) is 0.133. The second-order valence-corrected chi connectivity index (χ2v) is 6.08. The Balaban J connectivity index is 2.45. The van der Waals surface area contributed by atoms with E-state index in [0.717, 1.165) is 11.6 Å². The molecule has 1 N–H and O–H groups in total. The number of aryl methyl sites for hydroxylation is 1. The number of carbonyl (C=O) groups excluding carboxylic acids is 1. The van der Waals surface area contributed by atoms with E-state index in [1.165, 1.54) is 25.3 Å². The molecule has 0 saturated heterocycles. The highest BCUT2D eigenvalue weighted by Crippen LogP contribution is 2.38. The molecule has 22 heavy (non-hydrogen) atoms. The molecule has 6 nitrogen and oxygen atoms in total. The van der Waals surface area contributed by atoms with E-state index >= 15 is 0 Å². The van der Waals surface area contributed by atoms with Crippen LogP contribution in [0.3, 0.4) is 0 Å². The second kappa shape index (κ2) is 6.07. The molecule has 0 spiro atoms. The van der Waals surface area contributed by atoms with Crippen LogP contribution < -0.4 is 8.92 Å². The van der Waals surface area contributed by atoms with Gasteiger partial charge >= 0.3 is 10.1 Å². The molecule has 116 valence electrons. The van der Waals surface area contributed by atoms with Gasteiger partial charge in [-0.3, -0.25) is 4.79 Å². The number of phenolic OH excluding ortho intramolecular Hbond substituents is 1. The molecule has 2 rings (SSSR count). The fourth-order valence-electron chi connectivity index (χ4n) is 1.76. The fourth-order valence-corrected chi connectivity index (χ4v) is 2.69. The summed E-state index contributed by atoms with van der Waals surface area (Å²) >= 11 is 0. The first kappa shape index (κ1) is 15.8. The summed E-state index contributed by atoms with van der Waals surface area (Å²) in [6.07, 6.45) is 0.493. The maximum Gasteiger partial charge on any atom is 0.339 e. The third kappa shape index (κ3) is 3.20. The van der Waals surface area contributed by atoms with Crippen molar-refractivity contribution in [2.75, 3.05) is 7.11 Å². The number of aldehydes is 1. The van der Waals surface area contributed by atoms with Gasteiger partial charge in [-0.2, -0.15) is 8.42 Å². The van der Waals surface area contributed by atoms with E-state index in [9.17, 15) is 18.3 Å². The summed E-state index contributed by atoms with van der Waals surface area (Å²) in [6, 6.07) is 8.42. The number of phenols is 1. The average molecular weight is 322 g/mol. The van der Waals surface area contributed by atoms with Crippen molar-refractivity contribution in [3.63, 3.8) is 0 Å². The number of hydrogen-bond donors (Lipinski definition) is 1. The number of rotatable bonds is 5. The Morgan fingerprint density at radius 2 is 1.68 bits per heavy atom. The Kier molecular flexibility index (Phi) is 4.37. The number of ether oxygens (including phenoxy) is 1. The van der Waals surface area contributed by atoms with Gasteiger partial charge < -0.3 is 14.0 Å². The monoisotopic (exact) mass is 322 g/mol. The van der Waals surface area contributed by atoms with Crippen molar-refractivity contribution in [2.24, 2.45) is 0 Å². The van der Waals surface area contributed by atoms with Crippen LogP contribution in [0.25, 0.3) is 0 Å². The van der Waals surface area contributed by atoms with E-state index in [1.54, 1.807) is 12.1 Å². The lowest BCUT2D eigenvalue weighted by molar-refractivity contribution is 0.112. The number of aromatic hydroxyl groups is 1. The Hall–Kier alpha value is -2.54. The van der Waals surface area contributed by atoms with Crippen LogP contribution in [0.15, 0.2) is 41.3 Å². The van der Waals surface area contributed by atoms with E-state index in [4.69, 9.17) is 8.92 Å². The van der Waals surface area contributed by atoms with Crippen molar-refractivity contribution in [2.45, 2.75) is 11.8 Å². The summed E-state index contributed by atoms with van der Waals surface area (Å²) < 4.78 is 34.2. The summed E-state index contributed by atoms with van der Waals surface area (Å²) in [7, 11) is -2.85. The second-order valence-electron chi connectivity index (χ2n) is 4.54. The zero-order chi connectivity index (χ0) is 16.3. The lowest BCUT2D eigenvalue weighted by Gasteiger charge is -2.11. The van der Waals surface area contributed by atoms with Crippen LogP contribution >= 0.6 is 0 Å². The summed E-state index contributed by atoms with van der Waals surface area (Å²) in [5.74, 6) is -0.926. The predicted molar refractivity (Wildman–Crippen MR) is 79.0 cm³/mol. The molecule has 7 heteroatoms. The SMILES string of the molecule is COc1cc(C=O)cc(OS(=O)(=O)c2ccc(C)cc2)c1O. The van der Waals surface area contributed by atoms with Gasteiger partial charge in [0.1, 0.15) is 11.2 Å². The first-order valence-electron chi connectivity index (χ1n) is 6.24. The van der Waals surface area contributed by atoms with Gasteiger partial charge in [0.15, 0.2) is 11.5 Å². The molecule has 0 unspecified atom stereocenters. The maximum atomic E-state index is 12.2. The standard InChI is InChI=1S/C15H14O6S/c1-10-3-5-12(6-4-10)22(18,19)21-14-8-11(9-16)7-13(20-2)15(14)17/h3-9,17H,1-2H3. The van der Waals surface area contributed by atoms with E-state index in [2.05, 4.69) is 0 Å². The van der Waals surface area contributed by atoms with Crippen LogP contribution in [0.5, 0.6) is 17.2 Å². The van der Waals surface area contributed by atoms with Crippen LogP contribution in [-0.2, 0) is 10.1 Å². The van der Waals surface area contributed by atoms with Crippen molar-refractivity contribution < 1.29 is 27.2 Å². The van der Waals surface area contributed by atoms with Crippen molar-refractivity contribution in [1.29, 1.82) is 0 Å². The van der Waals surface area contributed by atoms with Crippen molar-refractivity contribution in [3.8, 4) is 17.2 Å². The smallest absolute Gasteiger partial charge is 0.339 e. The minimum atomic E-state index is -4.13. The number of methoxy groups -OCH3 is 1. The summed E-state index contributed by atoms with van der Waals surface area (Å²) in [4.78, 5) is 10.8. The molecule has 0 aliphatic heterocycles. The number of carbonyl (C=O) groups is 1. The average Bonchev–Trinajstić information content (AvgIpc) is 2.49. The van der Waals surface area contributed by atoms with Gasteiger partial charge in [0.25, 0.3) is 0 Å². The van der Waals surface area contributed by atoms with Gasteiger partial charge in [-0.15, -0.1) is 0 Å². The van der Waals surface area contributed by atoms with Crippen LogP contribution in [0.1, 0.15) is 15.9 Å². The number of benzene rings is 2. The summed E-state index contributed by atoms with van der Waals surface area (Å²) in [5, 5.41) is 9.93. The Morgan fingerprint density at radius 1 is 1.09 bits per heavy atom. The largest absolute Gasteiger partial charge is 0.502 e. The molecule has 0 heterocycles. The van der Waals surface area contributed by atoms with Crippen LogP contribution in [0.2, 0.25) is 0 Å². The van der Waals surface area contributed by atoms with Crippen LogP contribution in [-0.4, -0.2) is 26.9 Å². The topological polar surface area (TPSA) is 89.9 Å². The summed E-state index contributed by atoms with van der Waals surface area (Å²) in [6.45, 7) is 1.82. The van der Waals surface area contributed by atoms with E-state index < -0.39 is 15.9 Å². The van der Waals surface area contributed by atoms with Crippen molar-refractivity contribution in [3.05, 3.63) is 47.5 Å². The zero-order valence-corrected chi connectivity index (χ0v) is 12.8. The normalized spacial score (nSPS) is 11.0. The van der Waals surface area contributed by atoms with E-state index in [1.807, 2.05) is 6.92 Å². The Labute approximate surface area is 128 Å². The minimum Gasteiger partial charge on any atom is -0.502 e. The quantitative estimate of drug-likeness (QED) is 0.671. The lowest BCUT2D eigenvalue weighted by atomic mass is 10.2. The highest BCUT2D eigenvalue weighted by molar-refractivity contribution is 7.87. The molecule has 0 aliphatic carbocycles. The molecule has 0 bridgehead atoms. The molecule has 2 aromatic carbocycles. The molecule has 0 saturated carbocycles. The molecule has 0 atom stereocenters. The van der Waals surface area contributed by atoms with Gasteiger partial charge in [-0.1, -0.05) is 17.7 Å². The molecule has 0 aliphatic rings. The van der Waals surface area contributed by atoms with E-state index in [-0.39, 0.29) is 22.0 Å². The first-order chi connectivity index (χ1) is 10.4. The van der Waals surface area contributed by atoms with Crippen LogP contribution in [0, 0.1) is 6.92 Å². The van der Waals surface area contributed by atoms with Gasteiger partial charge in [0.2, 0.25) is 5.75 Å². The Morgan fingerprint density at radius 3 is 2.23 bits per heavy atom. The predicted octanol–water partition coefficient (Wildman–Crippen LogP) is 2.29. The molecule has 0 aromatic heterocycles. The molecule has 2 aromatic rings. The van der Waals surface area contributed by atoms with Crippen molar-refractivity contribution in [1.82, 2.24) is 0 Å².